The van der Waals surface area contributed by atoms with Gasteiger partial charge in [0.15, 0.2) is 0 Å². The van der Waals surface area contributed by atoms with Crippen LogP contribution in [0.3, 0.4) is 0 Å². The Balaban J connectivity index is 4.12. The van der Waals surface area contributed by atoms with Crippen molar-refractivity contribution in [2.75, 3.05) is 6.54 Å². The number of carboxylic acids is 1. The fraction of sp³-hybridized carbons (Fsp3) is 0.714. The SMILES string of the molecule is NC(CC(=O)O)C(=O)NCC(F)(F)C(F)F. The van der Waals surface area contributed by atoms with Crippen molar-refractivity contribution in [1.29, 1.82) is 0 Å². The van der Waals surface area contributed by atoms with Crippen LogP contribution in [0.25, 0.3) is 0 Å². The zero-order valence-electron chi connectivity index (χ0n) is 7.92. The number of alkyl halides is 4. The summed E-state index contributed by atoms with van der Waals surface area (Å²) in [5, 5.41) is 9.67. The number of hydrogen-bond donors (Lipinski definition) is 3. The van der Waals surface area contributed by atoms with E-state index < -0.39 is 43.2 Å². The van der Waals surface area contributed by atoms with Crippen molar-refractivity contribution in [3.05, 3.63) is 0 Å². The van der Waals surface area contributed by atoms with Crippen molar-refractivity contribution in [2.24, 2.45) is 5.73 Å². The van der Waals surface area contributed by atoms with Crippen molar-refractivity contribution in [3.63, 3.8) is 0 Å². The van der Waals surface area contributed by atoms with E-state index in [1.165, 1.54) is 5.32 Å². The zero-order chi connectivity index (χ0) is 12.9. The third-order valence-corrected chi connectivity index (χ3v) is 1.55. The molecule has 0 aromatic heterocycles. The number of halogens is 4. The van der Waals surface area contributed by atoms with Crippen LogP contribution >= 0.6 is 0 Å². The molecule has 0 saturated carbocycles. The molecule has 0 fully saturated rings. The second-order valence-electron chi connectivity index (χ2n) is 2.98. The molecule has 16 heavy (non-hydrogen) atoms. The predicted octanol–water partition coefficient (Wildman–Crippen LogP) is -0.195. The molecule has 0 rings (SSSR count). The molecule has 1 amide bonds. The van der Waals surface area contributed by atoms with Crippen LogP contribution in [0.4, 0.5) is 17.6 Å². The minimum atomic E-state index is -4.36. The summed E-state index contributed by atoms with van der Waals surface area (Å²) >= 11 is 0. The Hall–Kier alpha value is -1.38. The topological polar surface area (TPSA) is 92.4 Å². The maximum absolute atomic E-state index is 12.3. The number of hydrogen-bond acceptors (Lipinski definition) is 3. The first-order valence-electron chi connectivity index (χ1n) is 4.08. The molecule has 0 radical (unpaired) electrons. The molecule has 0 bridgehead atoms. The summed E-state index contributed by atoms with van der Waals surface area (Å²) < 4.78 is 47.9. The Morgan fingerprint density at radius 3 is 2.25 bits per heavy atom. The van der Waals surface area contributed by atoms with Gasteiger partial charge < -0.3 is 16.2 Å². The van der Waals surface area contributed by atoms with E-state index in [1.54, 1.807) is 0 Å². The van der Waals surface area contributed by atoms with Gasteiger partial charge in [-0.2, -0.15) is 8.78 Å². The third kappa shape index (κ3) is 4.91. The summed E-state index contributed by atoms with van der Waals surface area (Å²) in [5.74, 6) is -6.98. The number of carboxylic acid groups (broad SMARTS) is 1. The summed E-state index contributed by atoms with van der Waals surface area (Å²) in [6.07, 6.45) is -4.69. The van der Waals surface area contributed by atoms with Crippen LogP contribution in [0.2, 0.25) is 0 Å². The number of carbonyl (C=O) groups is 2. The summed E-state index contributed by atoms with van der Waals surface area (Å²) in [6.45, 7) is -1.59. The zero-order valence-corrected chi connectivity index (χ0v) is 7.92. The van der Waals surface area contributed by atoms with Gasteiger partial charge in [-0.1, -0.05) is 0 Å². The normalized spacial score (nSPS) is 13.6. The van der Waals surface area contributed by atoms with E-state index >= 15 is 0 Å². The first-order valence-corrected chi connectivity index (χ1v) is 4.08. The monoisotopic (exact) mass is 246 g/mol. The lowest BCUT2D eigenvalue weighted by molar-refractivity contribution is -0.142. The largest absolute Gasteiger partial charge is 0.481 e. The fourth-order valence-corrected chi connectivity index (χ4v) is 0.694. The number of aliphatic carboxylic acids is 1. The van der Waals surface area contributed by atoms with E-state index in [0.717, 1.165) is 0 Å². The molecule has 1 unspecified atom stereocenters. The minimum Gasteiger partial charge on any atom is -0.481 e. The van der Waals surface area contributed by atoms with E-state index in [2.05, 4.69) is 0 Å². The van der Waals surface area contributed by atoms with Crippen molar-refractivity contribution in [2.45, 2.75) is 24.8 Å². The van der Waals surface area contributed by atoms with Crippen LogP contribution in [0, 0.1) is 0 Å². The van der Waals surface area contributed by atoms with Gasteiger partial charge in [-0.3, -0.25) is 9.59 Å². The second kappa shape index (κ2) is 5.64. The Morgan fingerprint density at radius 2 is 1.88 bits per heavy atom. The minimum absolute atomic E-state index is 0.772. The van der Waals surface area contributed by atoms with Gasteiger partial charge in [0.1, 0.15) is 0 Å². The first-order chi connectivity index (χ1) is 7.16. The number of carbonyl (C=O) groups excluding carboxylic acids is 1. The van der Waals surface area contributed by atoms with E-state index in [4.69, 9.17) is 10.8 Å². The third-order valence-electron chi connectivity index (χ3n) is 1.55. The molecule has 5 nitrogen and oxygen atoms in total. The Morgan fingerprint density at radius 1 is 1.38 bits per heavy atom. The number of nitrogens with one attached hydrogen (secondary N) is 1. The standard InChI is InChI=1S/C7H10F4N2O3/c8-6(9)7(10,11)2-13-5(16)3(12)1-4(14)15/h3,6H,1-2,12H2,(H,13,16)(H,14,15). The van der Waals surface area contributed by atoms with Gasteiger partial charge in [-0.25, -0.2) is 8.78 Å². The summed E-state index contributed by atoms with van der Waals surface area (Å²) in [4.78, 5) is 21.0. The number of amides is 1. The van der Waals surface area contributed by atoms with Gasteiger partial charge >= 0.3 is 18.3 Å². The molecular weight excluding hydrogens is 236 g/mol. The summed E-state index contributed by atoms with van der Waals surface area (Å²) in [7, 11) is 0. The van der Waals surface area contributed by atoms with E-state index in [9.17, 15) is 27.2 Å². The molecule has 0 aliphatic heterocycles. The molecular formula is C7H10F4N2O3. The molecule has 1 atom stereocenters. The van der Waals surface area contributed by atoms with Crippen molar-refractivity contribution in [1.82, 2.24) is 5.32 Å². The van der Waals surface area contributed by atoms with Crippen LogP contribution < -0.4 is 11.1 Å². The second-order valence-corrected chi connectivity index (χ2v) is 2.98. The molecule has 0 aliphatic rings. The summed E-state index contributed by atoms with van der Waals surface area (Å²) in [6, 6.07) is -1.55. The highest BCUT2D eigenvalue weighted by Gasteiger charge is 2.41. The molecule has 0 spiro atoms. The van der Waals surface area contributed by atoms with Crippen LogP contribution in [0.1, 0.15) is 6.42 Å². The molecule has 4 N–H and O–H groups in total. The predicted molar refractivity (Wildman–Crippen MR) is 44.2 cm³/mol. The first kappa shape index (κ1) is 14.6. The Kier molecular flexibility index (Phi) is 5.15. The fourth-order valence-electron chi connectivity index (χ4n) is 0.694. The van der Waals surface area contributed by atoms with E-state index in [-0.39, 0.29) is 0 Å². The lowest BCUT2D eigenvalue weighted by atomic mass is 10.2. The lowest BCUT2D eigenvalue weighted by Crippen LogP contribution is -2.48. The van der Waals surface area contributed by atoms with E-state index in [1.807, 2.05) is 0 Å². The highest BCUT2D eigenvalue weighted by Crippen LogP contribution is 2.21. The molecule has 0 heterocycles. The highest BCUT2D eigenvalue weighted by molar-refractivity contribution is 5.85. The van der Waals surface area contributed by atoms with E-state index in [0.29, 0.717) is 0 Å². The van der Waals surface area contributed by atoms with Crippen molar-refractivity contribution in [3.8, 4) is 0 Å². The molecule has 0 saturated heterocycles. The van der Waals surface area contributed by atoms with Crippen LogP contribution in [0.5, 0.6) is 0 Å². The highest BCUT2D eigenvalue weighted by atomic mass is 19.3. The maximum Gasteiger partial charge on any atom is 0.324 e. The van der Waals surface area contributed by atoms with Gasteiger partial charge in [0.05, 0.1) is 19.0 Å². The van der Waals surface area contributed by atoms with Crippen LogP contribution in [0.15, 0.2) is 0 Å². The van der Waals surface area contributed by atoms with Crippen molar-refractivity contribution >= 4 is 11.9 Å². The Bertz CT molecular complexity index is 272. The van der Waals surface area contributed by atoms with Gasteiger partial charge in [0.2, 0.25) is 5.91 Å². The molecule has 0 aromatic carbocycles. The molecule has 0 aliphatic carbocycles. The molecule has 9 heteroatoms. The average Bonchev–Trinajstić information content (AvgIpc) is 2.12. The Labute approximate surface area is 87.6 Å². The lowest BCUT2D eigenvalue weighted by Gasteiger charge is -2.17. The van der Waals surface area contributed by atoms with Gasteiger partial charge in [-0.05, 0) is 0 Å². The molecule has 0 aromatic rings. The average molecular weight is 246 g/mol. The van der Waals surface area contributed by atoms with Gasteiger partial charge in [0.25, 0.3) is 0 Å². The maximum atomic E-state index is 12.3. The molecule has 94 valence electrons. The summed E-state index contributed by atoms with van der Waals surface area (Å²) in [5.41, 5.74) is 5.00. The number of rotatable bonds is 6. The van der Waals surface area contributed by atoms with Gasteiger partial charge in [0, 0.05) is 0 Å². The van der Waals surface area contributed by atoms with Gasteiger partial charge in [-0.15, -0.1) is 0 Å². The van der Waals surface area contributed by atoms with Crippen LogP contribution in [-0.4, -0.2) is 41.9 Å². The number of nitrogens with two attached hydrogens (primary N) is 1. The van der Waals surface area contributed by atoms with Crippen LogP contribution in [-0.2, 0) is 9.59 Å². The quantitative estimate of drug-likeness (QED) is 0.566. The smallest absolute Gasteiger partial charge is 0.324 e. The van der Waals surface area contributed by atoms with Crippen molar-refractivity contribution < 1.29 is 32.3 Å².